The van der Waals surface area contributed by atoms with Crippen molar-refractivity contribution in [1.29, 1.82) is 0 Å². The molecule has 0 aliphatic carbocycles. The summed E-state index contributed by atoms with van der Waals surface area (Å²) >= 11 is 0. The number of rotatable bonds is 2. The quantitative estimate of drug-likeness (QED) is 0.295. The van der Waals surface area contributed by atoms with Crippen LogP contribution in [0.15, 0.2) is 97.1 Å². The average molecular weight is 469 g/mol. The zero-order chi connectivity index (χ0) is 24.7. The van der Waals surface area contributed by atoms with Crippen LogP contribution < -0.4 is 10.2 Å². The van der Waals surface area contributed by atoms with Crippen LogP contribution in [0.5, 0.6) is 0 Å². The largest absolute Gasteiger partial charge is 0.338 e. The Morgan fingerprint density at radius 1 is 0.667 bits per heavy atom. The summed E-state index contributed by atoms with van der Waals surface area (Å²) in [5.74, 6) is 0.0827. The van der Waals surface area contributed by atoms with Crippen molar-refractivity contribution in [2.45, 2.75) is 31.8 Å². The van der Waals surface area contributed by atoms with Gasteiger partial charge >= 0.3 is 0 Å². The lowest BCUT2D eigenvalue weighted by Crippen LogP contribution is -2.57. The average Bonchev–Trinajstić information content (AvgIpc) is 3.29. The Hall–Kier alpha value is -4.11. The van der Waals surface area contributed by atoms with Crippen molar-refractivity contribution in [2.24, 2.45) is 0 Å². The number of amides is 1. The molecule has 36 heavy (non-hydrogen) atoms. The van der Waals surface area contributed by atoms with Crippen LogP contribution in [-0.2, 0) is 10.2 Å². The zero-order valence-corrected chi connectivity index (χ0v) is 20.8. The lowest BCUT2D eigenvalue weighted by atomic mass is 9.75. The first kappa shape index (κ1) is 21.2. The Balaban J connectivity index is 1.52. The molecular formula is C33H28N2O. The summed E-state index contributed by atoms with van der Waals surface area (Å²) in [7, 11) is 0. The molecule has 5 aromatic rings. The Morgan fingerprint density at radius 2 is 1.25 bits per heavy atom. The molecule has 1 unspecified atom stereocenters. The minimum Gasteiger partial charge on any atom is -0.338 e. The monoisotopic (exact) mass is 468 g/mol. The number of nitrogens with one attached hydrogen (secondary N) is 1. The second-order valence-corrected chi connectivity index (χ2v) is 10.9. The minimum absolute atomic E-state index is 0.0827. The third-order valence-electron chi connectivity index (χ3n) is 8.64. The van der Waals surface area contributed by atoms with Crippen molar-refractivity contribution in [3.05, 3.63) is 103 Å². The summed E-state index contributed by atoms with van der Waals surface area (Å²) in [5, 5.41) is 8.24. The van der Waals surface area contributed by atoms with Crippen molar-refractivity contribution < 1.29 is 4.79 Å². The number of hydrogen-bond donors (Lipinski definition) is 1. The number of carbonyl (C=O) groups excluding carboxylic acids is 1. The van der Waals surface area contributed by atoms with Crippen LogP contribution in [0.1, 0.15) is 26.3 Å². The van der Waals surface area contributed by atoms with E-state index in [0.29, 0.717) is 6.54 Å². The second kappa shape index (κ2) is 7.20. The van der Waals surface area contributed by atoms with Gasteiger partial charge in [-0.15, -0.1) is 0 Å². The van der Waals surface area contributed by atoms with Crippen LogP contribution in [0, 0.1) is 0 Å². The van der Waals surface area contributed by atoms with E-state index >= 15 is 0 Å². The highest BCUT2D eigenvalue weighted by atomic mass is 16.2. The van der Waals surface area contributed by atoms with E-state index in [1.165, 1.54) is 55.0 Å². The highest BCUT2D eigenvalue weighted by Crippen LogP contribution is 2.56. The highest BCUT2D eigenvalue weighted by Gasteiger charge is 2.59. The zero-order valence-electron chi connectivity index (χ0n) is 20.8. The second-order valence-electron chi connectivity index (χ2n) is 10.9. The minimum atomic E-state index is -0.472. The molecule has 3 heteroatoms. The van der Waals surface area contributed by atoms with Gasteiger partial charge in [0.2, 0.25) is 5.91 Å². The first-order valence-electron chi connectivity index (χ1n) is 12.6. The molecule has 0 aromatic heterocycles. The third kappa shape index (κ3) is 2.83. The van der Waals surface area contributed by atoms with Crippen molar-refractivity contribution in [1.82, 2.24) is 5.32 Å². The molecule has 0 spiro atoms. The van der Waals surface area contributed by atoms with Gasteiger partial charge in [-0.3, -0.25) is 4.79 Å². The molecule has 1 saturated heterocycles. The van der Waals surface area contributed by atoms with Gasteiger partial charge in [0.15, 0.2) is 0 Å². The van der Waals surface area contributed by atoms with E-state index < -0.39 is 5.66 Å². The molecule has 7 rings (SSSR count). The van der Waals surface area contributed by atoms with Crippen molar-refractivity contribution in [2.75, 3.05) is 11.4 Å². The van der Waals surface area contributed by atoms with Crippen LogP contribution in [-0.4, -0.2) is 18.1 Å². The fourth-order valence-corrected chi connectivity index (χ4v) is 6.25. The lowest BCUT2D eigenvalue weighted by molar-refractivity contribution is -0.119. The van der Waals surface area contributed by atoms with E-state index in [4.69, 9.17) is 0 Å². The van der Waals surface area contributed by atoms with Crippen LogP contribution in [0.25, 0.3) is 43.8 Å². The molecule has 0 radical (unpaired) electrons. The molecular weight excluding hydrogens is 440 g/mol. The van der Waals surface area contributed by atoms with E-state index in [-0.39, 0.29) is 11.3 Å². The van der Waals surface area contributed by atoms with Gasteiger partial charge in [0.05, 0.1) is 12.2 Å². The first-order chi connectivity index (χ1) is 17.3. The molecule has 3 nitrogen and oxygen atoms in total. The molecule has 1 amide bonds. The summed E-state index contributed by atoms with van der Waals surface area (Å²) in [5.41, 5.74) is 6.45. The SMILES string of the molecule is CC1(C)c2cc(-c3ccc4ccccc4c3)cc(-c3ccc4ccccc4c3)c2N2CC(=O)NC21C. The van der Waals surface area contributed by atoms with Crippen molar-refractivity contribution in [3.8, 4) is 22.3 Å². The molecule has 1 fully saturated rings. The molecule has 2 aliphatic rings. The molecule has 176 valence electrons. The molecule has 0 bridgehead atoms. The normalized spacial score (nSPS) is 20.0. The fourth-order valence-electron chi connectivity index (χ4n) is 6.25. The van der Waals surface area contributed by atoms with E-state index in [0.717, 1.165) is 0 Å². The van der Waals surface area contributed by atoms with Gasteiger partial charge in [0.25, 0.3) is 0 Å². The predicted molar refractivity (Wildman–Crippen MR) is 149 cm³/mol. The Kier molecular flexibility index (Phi) is 4.24. The number of hydrogen-bond acceptors (Lipinski definition) is 2. The Labute approximate surface area is 211 Å². The summed E-state index contributed by atoms with van der Waals surface area (Å²) in [4.78, 5) is 14.9. The molecule has 2 heterocycles. The number of benzene rings is 5. The first-order valence-corrected chi connectivity index (χ1v) is 12.6. The number of nitrogens with zero attached hydrogens (tertiary/aromatic N) is 1. The maximum absolute atomic E-state index is 12.6. The van der Waals surface area contributed by atoms with Crippen LogP contribution >= 0.6 is 0 Å². The Bertz CT molecular complexity index is 1720. The van der Waals surface area contributed by atoms with E-state index in [2.05, 4.69) is 128 Å². The van der Waals surface area contributed by atoms with Gasteiger partial charge in [-0.2, -0.15) is 0 Å². The number of fused-ring (bicyclic) bond motifs is 5. The van der Waals surface area contributed by atoms with Crippen LogP contribution in [0.2, 0.25) is 0 Å². The summed E-state index contributed by atoms with van der Waals surface area (Å²) in [6.45, 7) is 7.05. The maximum atomic E-state index is 12.6. The van der Waals surface area contributed by atoms with Crippen molar-refractivity contribution >= 4 is 33.1 Å². The Morgan fingerprint density at radius 3 is 1.92 bits per heavy atom. The molecule has 0 saturated carbocycles. The topological polar surface area (TPSA) is 32.3 Å². The highest BCUT2D eigenvalue weighted by molar-refractivity contribution is 5.99. The number of anilines is 1. The summed E-state index contributed by atoms with van der Waals surface area (Å²) in [6.07, 6.45) is 0. The molecule has 1 atom stereocenters. The van der Waals surface area contributed by atoms with Gasteiger partial charge in [-0.25, -0.2) is 0 Å². The molecule has 2 aliphatic heterocycles. The van der Waals surface area contributed by atoms with Gasteiger partial charge in [0.1, 0.15) is 5.66 Å². The van der Waals surface area contributed by atoms with Gasteiger partial charge in [-0.05, 0) is 75.0 Å². The molecule has 1 N–H and O–H groups in total. The lowest BCUT2D eigenvalue weighted by Gasteiger charge is -2.39. The third-order valence-corrected chi connectivity index (χ3v) is 8.64. The number of carbonyl (C=O) groups is 1. The van der Waals surface area contributed by atoms with E-state index in [1.54, 1.807) is 0 Å². The van der Waals surface area contributed by atoms with E-state index in [9.17, 15) is 4.79 Å². The van der Waals surface area contributed by atoms with Gasteiger partial charge in [-0.1, -0.05) is 86.6 Å². The van der Waals surface area contributed by atoms with Crippen LogP contribution in [0.3, 0.4) is 0 Å². The van der Waals surface area contributed by atoms with Gasteiger partial charge in [0, 0.05) is 11.0 Å². The van der Waals surface area contributed by atoms with Gasteiger partial charge < -0.3 is 10.2 Å². The summed E-state index contributed by atoms with van der Waals surface area (Å²) in [6, 6.07) is 35.1. The summed E-state index contributed by atoms with van der Waals surface area (Å²) < 4.78 is 0. The standard InChI is InChI=1S/C33H28N2O/c1-32(2)29-19-27(25-14-12-21-8-4-6-10-23(21)16-25)18-28(31(29)35-20-30(36)34-33(32,35)3)26-15-13-22-9-5-7-11-24(22)17-26/h4-19H,20H2,1-3H3,(H,34,36). The predicted octanol–water partition coefficient (Wildman–Crippen LogP) is 7.27. The smallest absolute Gasteiger partial charge is 0.241 e. The van der Waals surface area contributed by atoms with Crippen molar-refractivity contribution in [3.63, 3.8) is 0 Å². The maximum Gasteiger partial charge on any atom is 0.241 e. The molecule has 5 aromatic carbocycles. The van der Waals surface area contributed by atoms with E-state index in [1.807, 2.05) is 0 Å². The fraction of sp³-hybridized carbons (Fsp3) is 0.182. The van der Waals surface area contributed by atoms with Crippen LogP contribution in [0.4, 0.5) is 5.69 Å².